The Bertz CT molecular complexity index is 1730. The zero-order chi connectivity index (χ0) is 30.1. The zero-order valence-corrected chi connectivity index (χ0v) is 23.5. The van der Waals surface area contributed by atoms with E-state index in [0.717, 1.165) is 42.5 Å². The second-order valence-electron chi connectivity index (χ2n) is 11.4. The summed E-state index contributed by atoms with van der Waals surface area (Å²) < 4.78 is 95.1. The third-order valence-corrected chi connectivity index (χ3v) is 9.52. The molecule has 4 aromatic rings. The van der Waals surface area contributed by atoms with Crippen LogP contribution in [0.4, 0.5) is 37.3 Å². The number of nitrogens with one attached hydrogen (secondary N) is 2. The molecule has 8 nitrogen and oxygen atoms in total. The largest absolute Gasteiger partial charge is 0.461 e. The van der Waals surface area contributed by atoms with Crippen LogP contribution in [0.2, 0.25) is 0 Å². The summed E-state index contributed by atoms with van der Waals surface area (Å²) in [6.07, 6.45) is -3.45. The van der Waals surface area contributed by atoms with E-state index in [1.165, 1.54) is 0 Å². The number of fused-ring (bicyclic) bond motifs is 3. The van der Waals surface area contributed by atoms with Crippen LogP contribution in [0.3, 0.4) is 0 Å². The highest BCUT2D eigenvalue weighted by Crippen LogP contribution is 2.46. The van der Waals surface area contributed by atoms with Gasteiger partial charge < -0.3 is 21.1 Å². The molecule has 3 atom stereocenters. The van der Waals surface area contributed by atoms with Gasteiger partial charge in [0, 0.05) is 42.1 Å². The average molecular weight is 624 g/mol. The van der Waals surface area contributed by atoms with Crippen LogP contribution in [0.1, 0.15) is 31.2 Å². The first-order valence-electron chi connectivity index (χ1n) is 14.0. The quantitative estimate of drug-likeness (QED) is 0.242. The Balaban J connectivity index is 1.40. The van der Waals surface area contributed by atoms with Crippen LogP contribution in [-0.4, -0.2) is 70.4 Å². The lowest BCUT2D eigenvalue weighted by atomic mass is 9.95. The minimum Gasteiger partial charge on any atom is -0.461 e. The van der Waals surface area contributed by atoms with E-state index in [2.05, 4.69) is 25.6 Å². The van der Waals surface area contributed by atoms with Crippen LogP contribution in [-0.2, 0) is 6.18 Å². The van der Waals surface area contributed by atoms with Crippen LogP contribution in [0, 0.1) is 11.6 Å². The minimum absolute atomic E-state index is 0.0117. The number of thiazole rings is 1. The third-order valence-electron chi connectivity index (χ3n) is 8.63. The fourth-order valence-electron chi connectivity index (χ4n) is 6.68. The SMILES string of the molecule is Nc1nc2c(-c3c(C(F)(F)F)cc4c(NC5CCNC5)nc(OCC56CCCN5CC(F)C6)nc4c3F)ccc(F)c2s1. The number of alkyl halides is 4. The van der Waals surface area contributed by atoms with Crippen molar-refractivity contribution in [2.75, 3.05) is 43.8 Å². The number of anilines is 2. The lowest BCUT2D eigenvalue weighted by molar-refractivity contribution is -0.137. The molecular weight excluding hydrogens is 596 g/mol. The Morgan fingerprint density at radius 1 is 1.19 bits per heavy atom. The maximum atomic E-state index is 16.6. The second-order valence-corrected chi connectivity index (χ2v) is 12.4. The van der Waals surface area contributed by atoms with Gasteiger partial charge in [0.25, 0.3) is 0 Å². The average Bonchev–Trinajstić information content (AvgIpc) is 3.73. The standard InChI is InChI=1S/C28H27F6N7OS/c29-13-9-27(5-1-7-41(27)11-13)12-42-26-39-21-16(24(40-26)37-14-4-6-36-10-14)8-17(28(32,33)34)19(20(21)31)15-2-3-18(30)23-22(15)38-25(35)43-23/h2-3,8,13-14,36H,1,4-7,9-12H2,(H2,35,38)(H,37,39,40). The van der Waals surface area contributed by atoms with Gasteiger partial charge in [0.1, 0.15) is 29.9 Å². The van der Waals surface area contributed by atoms with E-state index in [1.807, 2.05) is 4.90 Å². The number of aromatic nitrogens is 3. The number of hydrogen-bond donors (Lipinski definition) is 3. The van der Waals surface area contributed by atoms with Crippen molar-refractivity contribution in [3.63, 3.8) is 0 Å². The van der Waals surface area contributed by atoms with Crippen LogP contribution in [0.15, 0.2) is 18.2 Å². The number of benzene rings is 2. The molecule has 3 aliphatic heterocycles. The topological polar surface area (TPSA) is 101 Å². The predicted octanol–water partition coefficient (Wildman–Crippen LogP) is 5.51. The molecular formula is C28H27F6N7OS. The van der Waals surface area contributed by atoms with E-state index in [-0.39, 0.29) is 57.2 Å². The number of ether oxygens (including phenoxy) is 1. The molecule has 3 unspecified atom stereocenters. The van der Waals surface area contributed by atoms with Crippen LogP contribution in [0.5, 0.6) is 6.01 Å². The molecule has 228 valence electrons. The van der Waals surface area contributed by atoms with Gasteiger partial charge in [-0.05, 0) is 50.6 Å². The first-order valence-corrected chi connectivity index (χ1v) is 14.8. The Hall–Kier alpha value is -3.43. The van der Waals surface area contributed by atoms with Crippen molar-refractivity contribution in [2.24, 2.45) is 0 Å². The van der Waals surface area contributed by atoms with E-state index in [9.17, 15) is 22.0 Å². The molecule has 3 aliphatic rings. The summed E-state index contributed by atoms with van der Waals surface area (Å²) in [5, 5.41) is 6.04. The van der Waals surface area contributed by atoms with E-state index in [0.29, 0.717) is 32.5 Å². The van der Waals surface area contributed by atoms with Crippen LogP contribution >= 0.6 is 11.3 Å². The molecule has 43 heavy (non-hydrogen) atoms. The van der Waals surface area contributed by atoms with Crippen molar-refractivity contribution in [1.29, 1.82) is 0 Å². The summed E-state index contributed by atoms with van der Waals surface area (Å²) in [5.74, 6) is -2.03. The monoisotopic (exact) mass is 623 g/mol. The van der Waals surface area contributed by atoms with E-state index in [4.69, 9.17) is 10.5 Å². The van der Waals surface area contributed by atoms with Crippen molar-refractivity contribution >= 4 is 43.4 Å². The number of nitrogen functional groups attached to an aromatic ring is 1. The van der Waals surface area contributed by atoms with Crippen LogP contribution in [0.25, 0.3) is 32.2 Å². The van der Waals surface area contributed by atoms with Gasteiger partial charge >= 0.3 is 12.2 Å². The lowest BCUT2D eigenvalue weighted by Crippen LogP contribution is -2.43. The molecule has 2 aromatic carbocycles. The third kappa shape index (κ3) is 4.90. The van der Waals surface area contributed by atoms with Gasteiger partial charge in [0.05, 0.1) is 21.3 Å². The maximum Gasteiger partial charge on any atom is 0.417 e. The van der Waals surface area contributed by atoms with Gasteiger partial charge in [-0.25, -0.2) is 18.2 Å². The Labute approximate surface area is 245 Å². The smallest absolute Gasteiger partial charge is 0.417 e. The fraction of sp³-hybridized carbons (Fsp3) is 0.464. The first-order chi connectivity index (χ1) is 20.5. The van der Waals surface area contributed by atoms with E-state index >= 15 is 4.39 Å². The molecule has 2 aromatic heterocycles. The molecule has 0 aliphatic carbocycles. The van der Waals surface area contributed by atoms with E-state index < -0.39 is 46.2 Å². The second kappa shape index (κ2) is 10.3. The molecule has 3 fully saturated rings. The van der Waals surface area contributed by atoms with Crippen molar-refractivity contribution in [1.82, 2.24) is 25.2 Å². The number of nitrogens with two attached hydrogens (primary N) is 1. The summed E-state index contributed by atoms with van der Waals surface area (Å²) in [4.78, 5) is 14.7. The van der Waals surface area contributed by atoms with Crippen molar-refractivity contribution < 1.29 is 31.1 Å². The van der Waals surface area contributed by atoms with Gasteiger partial charge in [-0.1, -0.05) is 11.3 Å². The molecule has 0 bridgehead atoms. The van der Waals surface area contributed by atoms with Gasteiger partial charge in [-0.3, -0.25) is 4.90 Å². The van der Waals surface area contributed by atoms with Crippen molar-refractivity contribution in [3.05, 3.63) is 35.4 Å². The minimum atomic E-state index is -5.00. The maximum absolute atomic E-state index is 16.6. The summed E-state index contributed by atoms with van der Waals surface area (Å²) in [7, 11) is 0. The summed E-state index contributed by atoms with van der Waals surface area (Å²) >= 11 is 0.754. The van der Waals surface area contributed by atoms with Crippen LogP contribution < -0.4 is 21.1 Å². The Kier molecular flexibility index (Phi) is 6.81. The summed E-state index contributed by atoms with van der Waals surface area (Å²) in [6, 6.07) is 2.40. The fourth-order valence-corrected chi connectivity index (χ4v) is 7.44. The summed E-state index contributed by atoms with van der Waals surface area (Å²) in [5.41, 5.74) is 2.23. The highest BCUT2D eigenvalue weighted by Gasteiger charge is 2.49. The molecule has 5 heterocycles. The normalized spacial score (nSPS) is 24.3. The number of rotatable bonds is 6. The molecule has 4 N–H and O–H groups in total. The molecule has 3 saturated heterocycles. The zero-order valence-electron chi connectivity index (χ0n) is 22.7. The molecule has 0 radical (unpaired) electrons. The molecule has 0 spiro atoms. The molecule has 15 heteroatoms. The van der Waals surface area contributed by atoms with Gasteiger partial charge in [0.15, 0.2) is 10.9 Å². The van der Waals surface area contributed by atoms with Crippen molar-refractivity contribution in [2.45, 2.75) is 49.6 Å². The molecule has 0 amide bonds. The first kappa shape index (κ1) is 28.3. The Morgan fingerprint density at radius 2 is 2.02 bits per heavy atom. The highest BCUT2D eigenvalue weighted by molar-refractivity contribution is 7.22. The number of hydrogen-bond acceptors (Lipinski definition) is 9. The van der Waals surface area contributed by atoms with E-state index in [1.54, 1.807) is 0 Å². The Morgan fingerprint density at radius 3 is 2.79 bits per heavy atom. The predicted molar refractivity (Wildman–Crippen MR) is 151 cm³/mol. The van der Waals surface area contributed by atoms with Crippen molar-refractivity contribution in [3.8, 4) is 17.1 Å². The molecule has 7 rings (SSSR count). The number of halogens is 6. The van der Waals surface area contributed by atoms with Gasteiger partial charge in [-0.2, -0.15) is 23.1 Å². The molecule has 0 saturated carbocycles. The van der Waals surface area contributed by atoms with Gasteiger partial charge in [-0.15, -0.1) is 0 Å². The summed E-state index contributed by atoms with van der Waals surface area (Å²) in [6.45, 7) is 2.30. The van der Waals surface area contributed by atoms with Gasteiger partial charge in [0.2, 0.25) is 0 Å². The number of nitrogens with zero attached hydrogens (tertiary/aromatic N) is 4. The highest BCUT2D eigenvalue weighted by atomic mass is 32.1. The lowest BCUT2D eigenvalue weighted by Gasteiger charge is -2.30.